The Morgan fingerprint density at radius 2 is 1.89 bits per heavy atom. The molecule has 0 spiro atoms. The van der Waals surface area contributed by atoms with Crippen molar-refractivity contribution in [3.05, 3.63) is 35.9 Å². The number of Topliss-reactive ketones (excluding diaryl/α,β-unsaturated/α-hetero) is 1. The second-order valence-electron chi connectivity index (χ2n) is 3.81. The van der Waals surface area contributed by atoms with E-state index in [1.165, 1.54) is 0 Å². The van der Waals surface area contributed by atoms with Gasteiger partial charge in [-0.1, -0.05) is 62.2 Å². The number of carbonyl (C=O) groups is 2. The molecule has 0 saturated carbocycles. The van der Waals surface area contributed by atoms with Gasteiger partial charge in [0.15, 0.2) is 5.78 Å². The topological polar surface area (TPSA) is 55.4 Å². The van der Waals surface area contributed by atoms with Crippen LogP contribution < -0.4 is 5.32 Å². The lowest BCUT2D eigenvalue weighted by Crippen LogP contribution is -2.44. The summed E-state index contributed by atoms with van der Waals surface area (Å²) in [7, 11) is 0. The first-order valence-corrected chi connectivity index (χ1v) is 7.66. The van der Waals surface area contributed by atoms with Crippen LogP contribution in [-0.4, -0.2) is 28.3 Å². The minimum atomic E-state index is -0.634. The number of amides is 1. The molecule has 0 bridgehead atoms. The molecule has 0 aliphatic carbocycles. The molecule has 0 aromatic heterocycles. The van der Waals surface area contributed by atoms with Crippen molar-refractivity contribution in [1.82, 2.24) is 5.32 Å². The van der Waals surface area contributed by atoms with Gasteiger partial charge < -0.3 is 10.1 Å². The van der Waals surface area contributed by atoms with Gasteiger partial charge in [0, 0.05) is 0 Å². The van der Waals surface area contributed by atoms with Crippen LogP contribution in [0.25, 0.3) is 0 Å². The minimum Gasteiger partial charge on any atom is -0.450 e. The summed E-state index contributed by atoms with van der Waals surface area (Å²) in [6.45, 7) is 1.98. The van der Waals surface area contributed by atoms with Crippen molar-refractivity contribution in [3.8, 4) is 0 Å². The number of rotatable bonds is 6. The molecule has 0 unspecified atom stereocenters. The van der Waals surface area contributed by atoms with Gasteiger partial charge in [-0.25, -0.2) is 4.79 Å². The minimum absolute atomic E-state index is 0.156. The number of alkyl halides is 2. The van der Waals surface area contributed by atoms with Gasteiger partial charge in [0.05, 0.1) is 12.6 Å². The van der Waals surface area contributed by atoms with Crippen molar-refractivity contribution in [1.29, 1.82) is 0 Å². The van der Waals surface area contributed by atoms with E-state index in [1.54, 1.807) is 6.92 Å². The van der Waals surface area contributed by atoms with Crippen LogP contribution in [0.15, 0.2) is 30.3 Å². The second kappa shape index (κ2) is 8.32. The van der Waals surface area contributed by atoms with Crippen LogP contribution in [0.4, 0.5) is 4.79 Å². The van der Waals surface area contributed by atoms with Crippen LogP contribution in [-0.2, 0) is 16.0 Å². The van der Waals surface area contributed by atoms with E-state index in [2.05, 4.69) is 37.2 Å². The zero-order valence-corrected chi connectivity index (χ0v) is 13.6. The molecular formula is C13H15Br2NO3. The maximum Gasteiger partial charge on any atom is 0.407 e. The number of ketones is 1. The summed E-state index contributed by atoms with van der Waals surface area (Å²) in [5.74, 6) is -0.156. The fraction of sp³-hybridized carbons (Fsp3) is 0.385. The number of ether oxygens (including phenoxy) is 1. The molecule has 0 radical (unpaired) electrons. The Balaban J connectivity index is 2.75. The summed E-state index contributed by atoms with van der Waals surface area (Å²) < 4.78 is 4.30. The zero-order valence-electron chi connectivity index (χ0n) is 10.4. The maximum absolute atomic E-state index is 12.0. The molecule has 1 aromatic carbocycles. The summed E-state index contributed by atoms with van der Waals surface area (Å²) >= 11 is 6.32. The average Bonchev–Trinajstić information content (AvgIpc) is 2.38. The van der Waals surface area contributed by atoms with E-state index >= 15 is 0 Å². The number of halogens is 2. The Kier molecular flexibility index (Phi) is 7.09. The molecule has 104 valence electrons. The maximum atomic E-state index is 12.0. The van der Waals surface area contributed by atoms with Gasteiger partial charge in [0.1, 0.15) is 3.74 Å². The van der Waals surface area contributed by atoms with Gasteiger partial charge in [-0.2, -0.15) is 0 Å². The first-order chi connectivity index (χ1) is 9.04. The molecule has 6 heteroatoms. The lowest BCUT2D eigenvalue weighted by Gasteiger charge is -2.18. The van der Waals surface area contributed by atoms with Crippen molar-refractivity contribution in [3.63, 3.8) is 0 Å². The Hall–Kier alpha value is -0.880. The number of carbonyl (C=O) groups excluding carboxylic acids is 2. The summed E-state index contributed by atoms with van der Waals surface area (Å²) in [6.07, 6.45) is -0.163. The number of hydrogen-bond acceptors (Lipinski definition) is 3. The van der Waals surface area contributed by atoms with Crippen LogP contribution >= 0.6 is 31.9 Å². The Labute approximate surface area is 129 Å². The lowest BCUT2D eigenvalue weighted by atomic mass is 10.0. The number of hydrogen-bond donors (Lipinski definition) is 1. The van der Waals surface area contributed by atoms with Gasteiger partial charge >= 0.3 is 6.09 Å². The molecule has 1 N–H and O–H groups in total. The van der Waals surface area contributed by atoms with Crippen LogP contribution in [0.2, 0.25) is 0 Å². The van der Waals surface area contributed by atoms with Crippen molar-refractivity contribution in [2.24, 2.45) is 0 Å². The van der Waals surface area contributed by atoms with E-state index in [-0.39, 0.29) is 12.4 Å². The molecule has 0 heterocycles. The van der Waals surface area contributed by atoms with Crippen LogP contribution in [0.3, 0.4) is 0 Å². The number of benzene rings is 1. The molecule has 1 atom stereocenters. The van der Waals surface area contributed by atoms with E-state index in [4.69, 9.17) is 4.74 Å². The van der Waals surface area contributed by atoms with E-state index in [9.17, 15) is 9.59 Å². The predicted octanol–water partition coefficient (Wildman–Crippen LogP) is 3.03. The molecular weight excluding hydrogens is 378 g/mol. The Bertz CT molecular complexity index is 423. The Morgan fingerprint density at radius 3 is 2.42 bits per heavy atom. The highest BCUT2D eigenvalue weighted by atomic mass is 79.9. The molecule has 4 nitrogen and oxygen atoms in total. The smallest absolute Gasteiger partial charge is 0.407 e. The molecule has 1 amide bonds. The van der Waals surface area contributed by atoms with Crippen molar-refractivity contribution in [2.45, 2.75) is 23.1 Å². The van der Waals surface area contributed by atoms with Gasteiger partial charge in [0.2, 0.25) is 0 Å². The molecule has 1 aromatic rings. The van der Waals surface area contributed by atoms with Crippen LogP contribution in [0.5, 0.6) is 0 Å². The normalized spacial score (nSPS) is 12.0. The largest absolute Gasteiger partial charge is 0.450 e. The van der Waals surface area contributed by atoms with Crippen molar-refractivity contribution in [2.75, 3.05) is 6.61 Å². The number of nitrogens with one attached hydrogen (secondary N) is 1. The van der Waals surface area contributed by atoms with Crippen molar-refractivity contribution >= 4 is 43.7 Å². The first kappa shape index (κ1) is 16.2. The summed E-state index contributed by atoms with van der Waals surface area (Å²) in [5, 5.41) is 2.58. The fourth-order valence-corrected chi connectivity index (χ4v) is 2.18. The molecule has 1 rings (SSSR count). The highest BCUT2D eigenvalue weighted by Crippen LogP contribution is 2.14. The lowest BCUT2D eigenvalue weighted by molar-refractivity contribution is -0.118. The zero-order chi connectivity index (χ0) is 14.3. The third kappa shape index (κ3) is 5.74. The fourth-order valence-electron chi connectivity index (χ4n) is 1.54. The third-order valence-electron chi connectivity index (χ3n) is 2.41. The molecule has 0 aliphatic heterocycles. The van der Waals surface area contributed by atoms with E-state index in [1.807, 2.05) is 30.3 Å². The highest BCUT2D eigenvalue weighted by Gasteiger charge is 2.25. The summed E-state index contributed by atoms with van der Waals surface area (Å²) in [6, 6.07) is 8.86. The average molecular weight is 393 g/mol. The quantitative estimate of drug-likeness (QED) is 0.757. The predicted molar refractivity (Wildman–Crippen MR) is 80.7 cm³/mol. The SMILES string of the molecule is CCOC(=O)N[C@H](Cc1ccccc1)C(=O)C(Br)Br. The first-order valence-electron chi connectivity index (χ1n) is 5.83. The van der Waals surface area contributed by atoms with E-state index in [0.717, 1.165) is 5.56 Å². The van der Waals surface area contributed by atoms with Gasteiger partial charge in [-0.15, -0.1) is 0 Å². The monoisotopic (exact) mass is 391 g/mol. The summed E-state index contributed by atoms with van der Waals surface area (Å²) in [4.78, 5) is 23.5. The molecule has 0 saturated heterocycles. The standard InChI is InChI=1S/C13H15Br2NO3/c1-2-19-13(18)16-10(11(17)12(14)15)8-9-6-4-3-5-7-9/h3-7,10,12H,2,8H2,1H3,(H,16,18)/t10-/m1/s1. The van der Waals surface area contributed by atoms with Crippen LogP contribution in [0.1, 0.15) is 12.5 Å². The number of alkyl carbamates (subject to hydrolysis) is 1. The van der Waals surface area contributed by atoms with E-state index < -0.39 is 15.9 Å². The summed E-state index contributed by atoms with van der Waals surface area (Å²) in [5.41, 5.74) is 0.971. The highest BCUT2D eigenvalue weighted by molar-refractivity contribution is 9.25. The molecule has 19 heavy (non-hydrogen) atoms. The molecule has 0 fully saturated rings. The van der Waals surface area contributed by atoms with Gasteiger partial charge in [-0.3, -0.25) is 4.79 Å². The third-order valence-corrected chi connectivity index (χ3v) is 3.31. The van der Waals surface area contributed by atoms with Crippen LogP contribution in [0, 0.1) is 0 Å². The van der Waals surface area contributed by atoms with Gasteiger partial charge in [0.25, 0.3) is 0 Å². The second-order valence-corrected chi connectivity index (χ2v) is 6.87. The Morgan fingerprint density at radius 1 is 1.26 bits per heavy atom. The van der Waals surface area contributed by atoms with Crippen molar-refractivity contribution < 1.29 is 14.3 Å². The van der Waals surface area contributed by atoms with E-state index in [0.29, 0.717) is 6.42 Å². The molecule has 0 aliphatic rings. The van der Waals surface area contributed by atoms with Gasteiger partial charge in [-0.05, 0) is 18.9 Å².